The zero-order valence-electron chi connectivity index (χ0n) is 11.3. The average molecular weight is 274 g/mol. The van der Waals surface area contributed by atoms with Crippen molar-refractivity contribution in [2.45, 2.75) is 26.7 Å². The highest BCUT2D eigenvalue weighted by Gasteiger charge is 2.07. The second-order valence-corrected chi connectivity index (χ2v) is 5.50. The first-order chi connectivity index (χ1) is 9.18. The Morgan fingerprint density at radius 1 is 1.21 bits per heavy atom. The van der Waals surface area contributed by atoms with Gasteiger partial charge in [0.25, 0.3) is 0 Å². The lowest BCUT2D eigenvalue weighted by Gasteiger charge is -2.10. The van der Waals surface area contributed by atoms with Crippen LogP contribution in [-0.2, 0) is 0 Å². The van der Waals surface area contributed by atoms with Gasteiger partial charge in [-0.05, 0) is 48.9 Å². The molecule has 0 bridgehead atoms. The van der Waals surface area contributed by atoms with Crippen molar-refractivity contribution in [1.82, 2.24) is 0 Å². The number of rotatable bonds is 6. The van der Waals surface area contributed by atoms with Crippen molar-refractivity contribution in [2.75, 3.05) is 6.61 Å². The molecule has 1 heterocycles. The van der Waals surface area contributed by atoms with E-state index in [-0.39, 0.29) is 5.78 Å². The summed E-state index contributed by atoms with van der Waals surface area (Å²) < 4.78 is 5.74. The summed E-state index contributed by atoms with van der Waals surface area (Å²) in [6, 6.07) is 9.82. The molecule has 0 aliphatic heterocycles. The first kappa shape index (κ1) is 13.8. The van der Waals surface area contributed by atoms with E-state index in [0.29, 0.717) is 13.0 Å². The van der Waals surface area contributed by atoms with E-state index < -0.39 is 0 Å². The van der Waals surface area contributed by atoms with Crippen molar-refractivity contribution in [3.63, 3.8) is 0 Å². The van der Waals surface area contributed by atoms with Crippen molar-refractivity contribution in [3.05, 3.63) is 51.7 Å². The maximum absolute atomic E-state index is 11.8. The van der Waals surface area contributed by atoms with Gasteiger partial charge in [-0.1, -0.05) is 18.2 Å². The lowest BCUT2D eigenvalue weighted by Crippen LogP contribution is -2.03. The highest BCUT2D eigenvalue weighted by atomic mass is 32.1. The van der Waals surface area contributed by atoms with Crippen LogP contribution in [-0.4, -0.2) is 12.4 Å². The average Bonchev–Trinajstić information content (AvgIpc) is 2.93. The standard InChI is InChI=1S/C16H18O2S/c1-12-6-3-8-15(13(12)2)18-10-4-7-14(17)16-9-5-11-19-16/h3,5-6,8-9,11H,4,7,10H2,1-2H3. The number of carbonyl (C=O) groups is 1. The Balaban J connectivity index is 1.78. The zero-order valence-corrected chi connectivity index (χ0v) is 12.1. The topological polar surface area (TPSA) is 26.3 Å². The third kappa shape index (κ3) is 3.67. The summed E-state index contributed by atoms with van der Waals surface area (Å²) in [7, 11) is 0. The van der Waals surface area contributed by atoms with Gasteiger partial charge in [0.05, 0.1) is 11.5 Å². The summed E-state index contributed by atoms with van der Waals surface area (Å²) in [6.45, 7) is 4.71. The minimum Gasteiger partial charge on any atom is -0.493 e. The fourth-order valence-electron chi connectivity index (χ4n) is 1.86. The summed E-state index contributed by atoms with van der Waals surface area (Å²) >= 11 is 1.50. The normalized spacial score (nSPS) is 10.4. The minimum atomic E-state index is 0.208. The molecule has 2 aromatic rings. The van der Waals surface area contributed by atoms with Crippen LogP contribution >= 0.6 is 11.3 Å². The minimum absolute atomic E-state index is 0.208. The molecular weight excluding hydrogens is 256 g/mol. The molecule has 0 saturated carbocycles. The number of hydrogen-bond donors (Lipinski definition) is 0. The van der Waals surface area contributed by atoms with Crippen LogP contribution in [0.5, 0.6) is 5.75 Å². The molecule has 0 aliphatic carbocycles. The molecule has 0 unspecified atom stereocenters. The maximum atomic E-state index is 11.8. The molecule has 0 saturated heterocycles. The Labute approximate surface area is 118 Å². The van der Waals surface area contributed by atoms with Crippen molar-refractivity contribution in [1.29, 1.82) is 0 Å². The van der Waals surface area contributed by atoms with Crippen molar-refractivity contribution in [3.8, 4) is 5.75 Å². The molecule has 0 radical (unpaired) electrons. The van der Waals surface area contributed by atoms with Crippen LogP contribution in [0.1, 0.15) is 33.6 Å². The zero-order chi connectivity index (χ0) is 13.7. The van der Waals surface area contributed by atoms with Gasteiger partial charge >= 0.3 is 0 Å². The smallest absolute Gasteiger partial charge is 0.172 e. The molecule has 0 N–H and O–H groups in total. The van der Waals surface area contributed by atoms with Gasteiger partial charge in [0.15, 0.2) is 5.78 Å². The predicted octanol–water partition coefficient (Wildman–Crippen LogP) is 4.41. The summed E-state index contributed by atoms with van der Waals surface area (Å²) in [5, 5.41) is 1.93. The van der Waals surface area contributed by atoms with E-state index in [4.69, 9.17) is 4.74 Å². The number of ether oxygens (including phenoxy) is 1. The van der Waals surface area contributed by atoms with Crippen LogP contribution in [0.25, 0.3) is 0 Å². The molecule has 19 heavy (non-hydrogen) atoms. The van der Waals surface area contributed by atoms with E-state index in [0.717, 1.165) is 17.0 Å². The van der Waals surface area contributed by atoms with Crippen LogP contribution < -0.4 is 4.74 Å². The van der Waals surface area contributed by atoms with E-state index >= 15 is 0 Å². The lowest BCUT2D eigenvalue weighted by molar-refractivity contribution is 0.0977. The number of hydrogen-bond acceptors (Lipinski definition) is 3. The monoisotopic (exact) mass is 274 g/mol. The molecule has 0 spiro atoms. The van der Waals surface area contributed by atoms with Crippen molar-refractivity contribution in [2.24, 2.45) is 0 Å². The second kappa shape index (κ2) is 6.53. The number of ketones is 1. The first-order valence-electron chi connectivity index (χ1n) is 6.44. The van der Waals surface area contributed by atoms with Gasteiger partial charge < -0.3 is 4.74 Å². The molecule has 0 aliphatic rings. The van der Waals surface area contributed by atoms with Crippen molar-refractivity contribution >= 4 is 17.1 Å². The summed E-state index contributed by atoms with van der Waals surface area (Å²) in [5.74, 6) is 1.13. The van der Waals surface area contributed by atoms with Gasteiger partial charge in [-0.15, -0.1) is 11.3 Å². The highest BCUT2D eigenvalue weighted by molar-refractivity contribution is 7.12. The Kier molecular flexibility index (Phi) is 4.74. The van der Waals surface area contributed by atoms with Gasteiger partial charge in [-0.3, -0.25) is 4.79 Å². The molecule has 1 aromatic carbocycles. The van der Waals surface area contributed by atoms with Crippen molar-refractivity contribution < 1.29 is 9.53 Å². The van der Waals surface area contributed by atoms with Crippen LogP contribution in [0.15, 0.2) is 35.7 Å². The fraction of sp³-hybridized carbons (Fsp3) is 0.312. The summed E-state index contributed by atoms with van der Waals surface area (Å²) in [5.41, 5.74) is 2.40. The van der Waals surface area contributed by atoms with Crippen LogP contribution in [0, 0.1) is 13.8 Å². The van der Waals surface area contributed by atoms with Gasteiger partial charge in [0, 0.05) is 6.42 Å². The number of thiophene rings is 1. The highest BCUT2D eigenvalue weighted by Crippen LogP contribution is 2.21. The third-order valence-corrected chi connectivity index (χ3v) is 4.07. The van der Waals surface area contributed by atoms with Crippen LogP contribution in [0.4, 0.5) is 0 Å². The van der Waals surface area contributed by atoms with E-state index in [1.165, 1.54) is 22.5 Å². The maximum Gasteiger partial charge on any atom is 0.172 e. The Hall–Kier alpha value is -1.61. The van der Waals surface area contributed by atoms with E-state index in [1.807, 2.05) is 29.6 Å². The molecule has 2 rings (SSSR count). The largest absolute Gasteiger partial charge is 0.493 e. The molecule has 2 nitrogen and oxygen atoms in total. The Bertz CT molecular complexity index is 544. The summed E-state index contributed by atoms with van der Waals surface area (Å²) in [4.78, 5) is 12.6. The Morgan fingerprint density at radius 2 is 2.05 bits per heavy atom. The van der Waals surface area contributed by atoms with Crippen LogP contribution in [0.2, 0.25) is 0 Å². The molecular formula is C16H18O2S. The first-order valence-corrected chi connectivity index (χ1v) is 7.32. The van der Waals surface area contributed by atoms with Crippen LogP contribution in [0.3, 0.4) is 0 Å². The summed E-state index contributed by atoms with van der Waals surface area (Å²) in [6.07, 6.45) is 1.30. The fourth-order valence-corrected chi connectivity index (χ4v) is 2.55. The molecule has 0 atom stereocenters. The number of Topliss-reactive ketones (excluding diaryl/α,β-unsaturated/α-hetero) is 1. The Morgan fingerprint density at radius 3 is 2.79 bits per heavy atom. The quantitative estimate of drug-likeness (QED) is 0.576. The molecule has 100 valence electrons. The molecule has 3 heteroatoms. The molecule has 1 aromatic heterocycles. The SMILES string of the molecule is Cc1cccc(OCCCC(=O)c2cccs2)c1C. The van der Waals surface area contributed by atoms with E-state index in [1.54, 1.807) is 0 Å². The third-order valence-electron chi connectivity index (χ3n) is 3.16. The molecule has 0 fully saturated rings. The van der Waals surface area contributed by atoms with Gasteiger partial charge in [0.2, 0.25) is 0 Å². The number of aryl methyl sites for hydroxylation is 1. The number of carbonyl (C=O) groups excluding carboxylic acids is 1. The lowest BCUT2D eigenvalue weighted by atomic mass is 10.1. The van der Waals surface area contributed by atoms with Gasteiger partial charge in [-0.2, -0.15) is 0 Å². The predicted molar refractivity (Wildman–Crippen MR) is 79.3 cm³/mol. The van der Waals surface area contributed by atoms with Gasteiger partial charge in [0.1, 0.15) is 5.75 Å². The second-order valence-electron chi connectivity index (χ2n) is 4.55. The molecule has 0 amide bonds. The number of benzene rings is 1. The van der Waals surface area contributed by atoms with E-state index in [9.17, 15) is 4.79 Å². The van der Waals surface area contributed by atoms with E-state index in [2.05, 4.69) is 19.9 Å². The van der Waals surface area contributed by atoms with Gasteiger partial charge in [-0.25, -0.2) is 0 Å².